The molecule has 36 heavy (non-hydrogen) atoms. The summed E-state index contributed by atoms with van der Waals surface area (Å²) in [6, 6.07) is 8.04. The first kappa shape index (κ1) is 25.0. The number of nitrogens with one attached hydrogen (secondary N) is 1. The number of benzene rings is 1. The van der Waals surface area contributed by atoms with Crippen molar-refractivity contribution in [1.82, 2.24) is 19.8 Å². The molecule has 0 spiro atoms. The molecule has 7 nitrogen and oxygen atoms in total. The minimum atomic E-state index is -0.0172. The molecule has 1 N–H and O–H groups in total. The van der Waals surface area contributed by atoms with Crippen molar-refractivity contribution in [1.29, 1.82) is 0 Å². The Kier molecular flexibility index (Phi) is 7.44. The molecule has 0 aliphatic carbocycles. The second-order valence-corrected chi connectivity index (χ2v) is 11.4. The number of carbonyl (C=O) groups is 1. The molecule has 0 radical (unpaired) electrons. The summed E-state index contributed by atoms with van der Waals surface area (Å²) in [6.07, 6.45) is 2.84. The zero-order valence-electron chi connectivity index (χ0n) is 22.0. The number of hydrogen-bond donors (Lipinski definition) is 1. The van der Waals surface area contributed by atoms with Crippen molar-refractivity contribution >= 4 is 39.1 Å². The molecule has 192 valence electrons. The third-order valence-electron chi connectivity index (χ3n) is 7.35. The first-order chi connectivity index (χ1) is 17.5. The van der Waals surface area contributed by atoms with E-state index < -0.39 is 0 Å². The van der Waals surface area contributed by atoms with E-state index in [9.17, 15) is 4.79 Å². The molecule has 1 aromatic carbocycles. The van der Waals surface area contributed by atoms with E-state index in [1.54, 1.807) is 0 Å². The molecule has 0 saturated carbocycles. The fraction of sp³-hybridized carbons (Fsp3) is 0.536. The Bertz CT molecular complexity index is 1230. The largest absolute Gasteiger partial charge is 0.352 e. The standard InChI is InChI=1S/C28H38N6OS/c1-5-20-9-7-8-10-22(20)29-28(35)34-15-13-33(14-16-34)26-25-21-11-12-32(6-2)18-23(21)36-27(25)31-24(30-26)17-19(3)4/h7-10,19H,5-6,11-18H2,1-4H3,(H,29,35). The Morgan fingerprint density at radius 2 is 1.86 bits per heavy atom. The SMILES string of the molecule is CCc1ccccc1NC(=O)N1CCN(c2nc(CC(C)C)nc3sc4c(c23)CCN(CC)C4)CC1. The molecule has 8 heteroatoms. The number of nitrogens with zero attached hydrogens (tertiary/aromatic N) is 5. The van der Waals surface area contributed by atoms with Gasteiger partial charge in [0.15, 0.2) is 0 Å². The van der Waals surface area contributed by atoms with Gasteiger partial charge in [0.05, 0.1) is 5.39 Å². The number of para-hydroxylation sites is 1. The Morgan fingerprint density at radius 3 is 2.58 bits per heavy atom. The number of amides is 2. The number of urea groups is 1. The second kappa shape index (κ2) is 10.7. The lowest BCUT2D eigenvalue weighted by Crippen LogP contribution is -2.50. The Morgan fingerprint density at radius 1 is 1.08 bits per heavy atom. The number of fused-ring (bicyclic) bond motifs is 3. The highest BCUT2D eigenvalue weighted by molar-refractivity contribution is 7.19. The average Bonchev–Trinajstić information content (AvgIpc) is 3.25. The molecular weight excluding hydrogens is 468 g/mol. The summed E-state index contributed by atoms with van der Waals surface area (Å²) in [6.45, 7) is 14.9. The van der Waals surface area contributed by atoms with Gasteiger partial charge in [-0.1, -0.05) is 45.9 Å². The summed E-state index contributed by atoms with van der Waals surface area (Å²) in [4.78, 5) is 32.6. The van der Waals surface area contributed by atoms with Gasteiger partial charge in [0.2, 0.25) is 0 Å². The highest BCUT2D eigenvalue weighted by Gasteiger charge is 2.29. The van der Waals surface area contributed by atoms with Crippen LogP contribution in [0.2, 0.25) is 0 Å². The van der Waals surface area contributed by atoms with E-state index in [0.717, 1.165) is 79.7 Å². The van der Waals surface area contributed by atoms with E-state index in [2.05, 4.69) is 48.9 Å². The van der Waals surface area contributed by atoms with Crippen LogP contribution in [-0.4, -0.2) is 65.1 Å². The van der Waals surface area contributed by atoms with Crippen molar-refractivity contribution in [3.8, 4) is 0 Å². The molecule has 2 aromatic heterocycles. The molecule has 1 fully saturated rings. The number of aromatic nitrogens is 2. The van der Waals surface area contributed by atoms with Crippen LogP contribution in [0.4, 0.5) is 16.3 Å². The van der Waals surface area contributed by atoms with E-state index in [4.69, 9.17) is 9.97 Å². The van der Waals surface area contributed by atoms with Crippen LogP contribution in [0.15, 0.2) is 24.3 Å². The van der Waals surface area contributed by atoms with Gasteiger partial charge < -0.3 is 15.1 Å². The molecular formula is C28H38N6OS. The number of piperazine rings is 1. The van der Waals surface area contributed by atoms with Gasteiger partial charge in [0.1, 0.15) is 16.5 Å². The number of likely N-dealkylation sites (N-methyl/N-ethyl adjacent to an activating group) is 1. The lowest BCUT2D eigenvalue weighted by Gasteiger charge is -2.36. The van der Waals surface area contributed by atoms with Gasteiger partial charge >= 0.3 is 6.03 Å². The number of hydrogen-bond acceptors (Lipinski definition) is 6. The topological polar surface area (TPSA) is 64.6 Å². The van der Waals surface area contributed by atoms with Gasteiger partial charge in [0, 0.05) is 56.3 Å². The van der Waals surface area contributed by atoms with Crippen LogP contribution in [0.25, 0.3) is 10.2 Å². The third-order valence-corrected chi connectivity index (χ3v) is 8.46. The summed E-state index contributed by atoms with van der Waals surface area (Å²) in [5, 5.41) is 4.39. The van der Waals surface area contributed by atoms with Crippen LogP contribution >= 0.6 is 11.3 Å². The maximum absolute atomic E-state index is 13.0. The van der Waals surface area contributed by atoms with Gasteiger partial charge in [-0.15, -0.1) is 11.3 Å². The van der Waals surface area contributed by atoms with Crippen molar-refractivity contribution < 1.29 is 4.79 Å². The maximum Gasteiger partial charge on any atom is 0.321 e. The molecule has 2 aliphatic heterocycles. The normalized spacial score (nSPS) is 16.6. The van der Waals surface area contributed by atoms with Crippen LogP contribution in [0, 0.1) is 5.92 Å². The molecule has 0 atom stereocenters. The summed E-state index contributed by atoms with van der Waals surface area (Å²) < 4.78 is 0. The smallest absolute Gasteiger partial charge is 0.321 e. The fourth-order valence-corrected chi connectivity index (χ4v) is 6.57. The highest BCUT2D eigenvalue weighted by Crippen LogP contribution is 2.39. The van der Waals surface area contributed by atoms with Gasteiger partial charge in [-0.05, 0) is 42.5 Å². The van der Waals surface area contributed by atoms with Gasteiger partial charge in [-0.2, -0.15) is 0 Å². The van der Waals surface area contributed by atoms with Gasteiger partial charge in [-0.25, -0.2) is 14.8 Å². The fourth-order valence-electron chi connectivity index (χ4n) is 5.29. The predicted octanol–water partition coefficient (Wildman–Crippen LogP) is 5.18. The number of aryl methyl sites for hydroxylation is 1. The lowest BCUT2D eigenvalue weighted by molar-refractivity contribution is 0.208. The van der Waals surface area contributed by atoms with E-state index >= 15 is 0 Å². The molecule has 0 unspecified atom stereocenters. The first-order valence-corrected chi connectivity index (χ1v) is 14.2. The summed E-state index contributed by atoms with van der Waals surface area (Å²) in [5.41, 5.74) is 3.52. The number of rotatable bonds is 6. The third kappa shape index (κ3) is 5.06. The zero-order chi connectivity index (χ0) is 25.2. The Labute approximate surface area is 218 Å². The Hall–Kier alpha value is -2.71. The molecule has 2 amide bonds. The minimum absolute atomic E-state index is 0.0172. The van der Waals surface area contributed by atoms with Gasteiger partial charge in [-0.3, -0.25) is 4.90 Å². The number of thiophene rings is 1. The zero-order valence-corrected chi connectivity index (χ0v) is 22.8. The average molecular weight is 507 g/mol. The molecule has 5 rings (SSSR count). The summed E-state index contributed by atoms with van der Waals surface area (Å²) >= 11 is 1.85. The van der Waals surface area contributed by atoms with Crippen LogP contribution < -0.4 is 10.2 Å². The van der Waals surface area contributed by atoms with Crippen molar-refractivity contribution in [3.63, 3.8) is 0 Å². The maximum atomic E-state index is 13.0. The van der Waals surface area contributed by atoms with Crippen molar-refractivity contribution in [3.05, 3.63) is 46.1 Å². The predicted molar refractivity (Wildman–Crippen MR) is 149 cm³/mol. The van der Waals surface area contributed by atoms with Crippen molar-refractivity contribution in [2.24, 2.45) is 5.92 Å². The highest BCUT2D eigenvalue weighted by atomic mass is 32.1. The lowest BCUT2D eigenvalue weighted by atomic mass is 10.0. The molecule has 2 aliphatic rings. The summed E-state index contributed by atoms with van der Waals surface area (Å²) in [5.74, 6) is 2.52. The molecule has 4 heterocycles. The van der Waals surface area contributed by atoms with E-state index in [0.29, 0.717) is 19.0 Å². The van der Waals surface area contributed by atoms with Gasteiger partial charge in [0.25, 0.3) is 0 Å². The van der Waals surface area contributed by atoms with Crippen LogP contribution in [-0.2, 0) is 25.8 Å². The van der Waals surface area contributed by atoms with Crippen molar-refractivity contribution in [2.75, 3.05) is 49.5 Å². The number of anilines is 2. The summed E-state index contributed by atoms with van der Waals surface area (Å²) in [7, 11) is 0. The molecule has 3 aromatic rings. The van der Waals surface area contributed by atoms with Crippen LogP contribution in [0.3, 0.4) is 0 Å². The van der Waals surface area contributed by atoms with Crippen LogP contribution in [0.5, 0.6) is 0 Å². The van der Waals surface area contributed by atoms with Crippen molar-refractivity contribution in [2.45, 2.75) is 53.5 Å². The monoisotopic (exact) mass is 506 g/mol. The quantitative estimate of drug-likeness (QED) is 0.499. The first-order valence-electron chi connectivity index (χ1n) is 13.4. The van der Waals surface area contributed by atoms with E-state index in [1.165, 1.54) is 15.8 Å². The van der Waals surface area contributed by atoms with E-state index in [1.807, 2.05) is 34.4 Å². The van der Waals surface area contributed by atoms with Crippen LogP contribution in [0.1, 0.15) is 49.5 Å². The second-order valence-electron chi connectivity index (χ2n) is 10.3. The minimum Gasteiger partial charge on any atom is -0.352 e. The molecule has 1 saturated heterocycles. The van der Waals surface area contributed by atoms with E-state index in [-0.39, 0.29) is 6.03 Å². The Balaban J connectivity index is 1.37. The molecule has 0 bridgehead atoms. The number of carbonyl (C=O) groups excluding carboxylic acids is 1.